The molecule has 0 spiro atoms. The summed E-state index contributed by atoms with van der Waals surface area (Å²) < 4.78 is 4.62. The molecule has 1 atom stereocenters. The van der Waals surface area contributed by atoms with Crippen molar-refractivity contribution in [3.63, 3.8) is 0 Å². The molecule has 1 amide bonds. The average molecular weight is 332 g/mol. The van der Waals surface area contributed by atoms with Gasteiger partial charge in [0, 0.05) is 13.1 Å². The van der Waals surface area contributed by atoms with Crippen LogP contribution in [0, 0.1) is 0 Å². The highest BCUT2D eigenvalue weighted by molar-refractivity contribution is 7.18. The van der Waals surface area contributed by atoms with Crippen LogP contribution in [0.15, 0.2) is 0 Å². The topological polar surface area (TPSA) is 71.5 Å². The van der Waals surface area contributed by atoms with Gasteiger partial charge in [-0.05, 0) is 26.2 Å². The van der Waals surface area contributed by atoms with E-state index in [1.54, 1.807) is 6.92 Å². The zero-order chi connectivity index (χ0) is 15.4. The molecule has 1 aliphatic heterocycles. The van der Waals surface area contributed by atoms with Crippen LogP contribution < -0.4 is 5.32 Å². The molecule has 1 unspecified atom stereocenters. The second-order valence-corrected chi connectivity index (χ2v) is 6.24. The highest BCUT2D eigenvalue weighted by atomic mass is 35.5. The minimum Gasteiger partial charge on any atom is -0.465 e. The number of carbonyl (C=O) groups is 2. The Labute approximate surface area is 132 Å². The van der Waals surface area contributed by atoms with Gasteiger partial charge in [0.25, 0.3) is 0 Å². The third-order valence-corrected chi connectivity index (χ3v) is 4.69. The number of halogens is 1. The van der Waals surface area contributed by atoms with E-state index in [2.05, 4.69) is 15.0 Å². The van der Waals surface area contributed by atoms with E-state index in [1.165, 1.54) is 13.5 Å². The molecule has 1 N–H and O–H groups in total. The Morgan fingerprint density at radius 2 is 2.05 bits per heavy atom. The van der Waals surface area contributed by atoms with E-state index in [4.69, 9.17) is 11.6 Å². The summed E-state index contributed by atoms with van der Waals surface area (Å²) in [5.74, 6) is -0.485. The standard InChI is InChI=1S/C13H18ClN3O3S/c1-8(11(18)17-6-4-3-5-7-17)15-13-16-10(14)9(21-13)12(19)20-2/h8H,3-7H2,1-2H3,(H,15,16). The maximum Gasteiger partial charge on any atom is 0.351 e. The maximum atomic E-state index is 12.3. The van der Waals surface area contributed by atoms with Crippen molar-refractivity contribution in [2.75, 3.05) is 25.5 Å². The first kappa shape index (κ1) is 16.0. The summed E-state index contributed by atoms with van der Waals surface area (Å²) in [6.45, 7) is 3.39. The summed E-state index contributed by atoms with van der Waals surface area (Å²) in [4.78, 5) is 29.9. The van der Waals surface area contributed by atoms with Crippen LogP contribution in [-0.4, -0.2) is 48.0 Å². The number of hydrogen-bond donors (Lipinski definition) is 1. The summed E-state index contributed by atoms with van der Waals surface area (Å²) >= 11 is 6.98. The Bertz CT molecular complexity index is 529. The van der Waals surface area contributed by atoms with Crippen molar-refractivity contribution >= 4 is 39.9 Å². The lowest BCUT2D eigenvalue weighted by Gasteiger charge is -2.29. The van der Waals surface area contributed by atoms with E-state index in [9.17, 15) is 9.59 Å². The fourth-order valence-electron chi connectivity index (χ4n) is 2.22. The van der Waals surface area contributed by atoms with E-state index in [-0.39, 0.29) is 15.9 Å². The molecule has 1 aromatic heterocycles. The number of likely N-dealkylation sites (tertiary alicyclic amines) is 1. The predicted octanol–water partition coefficient (Wildman–Crippen LogP) is 2.40. The Hall–Kier alpha value is -1.34. The van der Waals surface area contributed by atoms with Crippen LogP contribution in [0.4, 0.5) is 5.13 Å². The molecule has 1 saturated heterocycles. The summed E-state index contributed by atoms with van der Waals surface area (Å²) in [6.07, 6.45) is 3.28. The third-order valence-electron chi connectivity index (χ3n) is 3.33. The normalized spacial score (nSPS) is 16.4. The minimum absolute atomic E-state index is 0.0423. The number of anilines is 1. The average Bonchev–Trinajstić information content (AvgIpc) is 2.87. The summed E-state index contributed by atoms with van der Waals surface area (Å²) in [5.41, 5.74) is 0. The van der Waals surface area contributed by atoms with E-state index in [1.807, 2.05) is 4.90 Å². The molecule has 0 bridgehead atoms. The molecule has 6 nitrogen and oxygen atoms in total. The van der Waals surface area contributed by atoms with Crippen molar-refractivity contribution in [2.24, 2.45) is 0 Å². The number of ether oxygens (including phenoxy) is 1. The van der Waals surface area contributed by atoms with E-state index in [0.717, 1.165) is 37.3 Å². The summed E-state index contributed by atoms with van der Waals surface area (Å²) in [6, 6.07) is -0.407. The molecule has 0 radical (unpaired) electrons. The molecule has 21 heavy (non-hydrogen) atoms. The molecule has 0 saturated carbocycles. The number of hydrogen-bond acceptors (Lipinski definition) is 6. The molecular weight excluding hydrogens is 314 g/mol. The molecule has 116 valence electrons. The summed E-state index contributed by atoms with van der Waals surface area (Å²) in [5, 5.41) is 3.54. The molecule has 2 heterocycles. The Morgan fingerprint density at radius 3 is 2.67 bits per heavy atom. The van der Waals surface area contributed by atoms with Crippen molar-refractivity contribution in [3.05, 3.63) is 10.0 Å². The second-order valence-electron chi connectivity index (χ2n) is 4.88. The predicted molar refractivity (Wildman–Crippen MR) is 82.0 cm³/mol. The number of esters is 1. The van der Waals surface area contributed by atoms with Crippen LogP contribution in [0.25, 0.3) is 0 Å². The van der Waals surface area contributed by atoms with Crippen LogP contribution in [0.2, 0.25) is 5.15 Å². The van der Waals surface area contributed by atoms with Gasteiger partial charge in [0.15, 0.2) is 15.2 Å². The first-order chi connectivity index (χ1) is 10.0. The highest BCUT2D eigenvalue weighted by Gasteiger charge is 2.24. The van der Waals surface area contributed by atoms with Gasteiger partial charge >= 0.3 is 5.97 Å². The van der Waals surface area contributed by atoms with Crippen molar-refractivity contribution in [3.8, 4) is 0 Å². The smallest absolute Gasteiger partial charge is 0.351 e. The van der Waals surface area contributed by atoms with Gasteiger partial charge in [-0.15, -0.1) is 0 Å². The number of piperidine rings is 1. The lowest BCUT2D eigenvalue weighted by Crippen LogP contribution is -2.43. The van der Waals surface area contributed by atoms with Crippen LogP contribution in [0.1, 0.15) is 35.9 Å². The molecule has 8 heteroatoms. The van der Waals surface area contributed by atoms with Crippen molar-refractivity contribution < 1.29 is 14.3 Å². The zero-order valence-electron chi connectivity index (χ0n) is 12.0. The van der Waals surface area contributed by atoms with Gasteiger partial charge in [-0.25, -0.2) is 9.78 Å². The molecule has 2 rings (SSSR count). The number of aromatic nitrogens is 1. The van der Waals surface area contributed by atoms with Gasteiger partial charge in [0.05, 0.1) is 7.11 Å². The first-order valence-electron chi connectivity index (χ1n) is 6.83. The van der Waals surface area contributed by atoms with E-state index >= 15 is 0 Å². The lowest BCUT2D eigenvalue weighted by molar-refractivity contribution is -0.132. The molecule has 0 aromatic carbocycles. The quantitative estimate of drug-likeness (QED) is 0.858. The van der Waals surface area contributed by atoms with Crippen molar-refractivity contribution in [1.82, 2.24) is 9.88 Å². The van der Waals surface area contributed by atoms with Gasteiger partial charge in [0.1, 0.15) is 6.04 Å². The molecule has 1 aliphatic rings. The van der Waals surface area contributed by atoms with Crippen molar-refractivity contribution in [1.29, 1.82) is 0 Å². The number of nitrogens with one attached hydrogen (secondary N) is 1. The van der Waals surface area contributed by atoms with Crippen LogP contribution in [0.5, 0.6) is 0 Å². The monoisotopic (exact) mass is 331 g/mol. The third kappa shape index (κ3) is 3.85. The molecular formula is C13H18ClN3O3S. The van der Waals surface area contributed by atoms with Gasteiger partial charge in [0.2, 0.25) is 5.91 Å². The molecule has 0 aliphatic carbocycles. The van der Waals surface area contributed by atoms with Crippen LogP contribution in [0.3, 0.4) is 0 Å². The molecule has 1 fully saturated rings. The number of amides is 1. The van der Waals surface area contributed by atoms with Gasteiger partial charge < -0.3 is 15.0 Å². The second kappa shape index (κ2) is 7.09. The number of nitrogens with zero attached hydrogens (tertiary/aromatic N) is 2. The maximum absolute atomic E-state index is 12.3. The Balaban J connectivity index is 2.00. The van der Waals surface area contributed by atoms with Crippen LogP contribution >= 0.6 is 22.9 Å². The number of rotatable bonds is 4. The first-order valence-corrected chi connectivity index (χ1v) is 8.02. The SMILES string of the molecule is COC(=O)c1sc(NC(C)C(=O)N2CCCCC2)nc1Cl. The fraction of sp³-hybridized carbons (Fsp3) is 0.615. The van der Waals surface area contributed by atoms with Gasteiger partial charge in [-0.1, -0.05) is 22.9 Å². The van der Waals surface area contributed by atoms with Crippen molar-refractivity contribution in [2.45, 2.75) is 32.2 Å². The number of carbonyl (C=O) groups excluding carboxylic acids is 2. The molecule has 1 aromatic rings. The minimum atomic E-state index is -0.527. The van der Waals surface area contributed by atoms with Gasteiger partial charge in [-0.2, -0.15) is 0 Å². The number of thiazole rings is 1. The van der Waals surface area contributed by atoms with Gasteiger partial charge in [-0.3, -0.25) is 4.79 Å². The lowest BCUT2D eigenvalue weighted by atomic mass is 10.1. The Kier molecular flexibility index (Phi) is 5.41. The fourth-order valence-corrected chi connectivity index (χ4v) is 3.41. The number of methoxy groups -OCH3 is 1. The van der Waals surface area contributed by atoms with E-state index < -0.39 is 12.0 Å². The van der Waals surface area contributed by atoms with E-state index in [0.29, 0.717) is 5.13 Å². The highest BCUT2D eigenvalue weighted by Crippen LogP contribution is 2.28. The Morgan fingerprint density at radius 1 is 1.38 bits per heavy atom. The van der Waals surface area contributed by atoms with Crippen LogP contribution in [-0.2, 0) is 9.53 Å². The summed E-state index contributed by atoms with van der Waals surface area (Å²) in [7, 11) is 1.29. The largest absolute Gasteiger partial charge is 0.465 e. The zero-order valence-corrected chi connectivity index (χ0v) is 13.6.